The Balaban J connectivity index is 1.47. The molecule has 0 aromatic heterocycles. The smallest absolute Gasteiger partial charge is 0.343 e. The summed E-state index contributed by atoms with van der Waals surface area (Å²) >= 11 is 8.52. The monoisotopic (exact) mass is 791 g/mol. The van der Waals surface area contributed by atoms with E-state index in [-0.39, 0.29) is 16.9 Å². The third-order valence-corrected chi connectivity index (χ3v) is 10.8. The summed E-state index contributed by atoms with van der Waals surface area (Å²) in [6, 6.07) is 29.1. The molecule has 0 bridgehead atoms. The molecule has 7 heteroatoms. The third kappa shape index (κ3) is 4.59. The van der Waals surface area contributed by atoms with E-state index in [1.807, 2.05) is 36.0 Å². The van der Waals surface area contributed by atoms with E-state index >= 15 is 0 Å². The molecule has 0 amide bonds. The zero-order valence-electron chi connectivity index (χ0n) is 16.3. The number of rotatable bonds is 3. The van der Waals surface area contributed by atoms with Gasteiger partial charge in [-0.15, -0.1) is 0 Å². The molecule has 1 aliphatic rings. The van der Waals surface area contributed by atoms with Crippen LogP contribution in [-0.4, -0.2) is 5.97 Å². The number of carbonyl (C=O) groups is 1. The molecule has 1 aliphatic heterocycles. The number of fused-ring (bicyclic) bond motifs is 2. The van der Waals surface area contributed by atoms with Gasteiger partial charge < -0.3 is 4.74 Å². The first-order chi connectivity index (χ1) is 15.5. The lowest BCUT2D eigenvalue weighted by Crippen LogP contribution is -2.13. The lowest BCUT2D eigenvalue weighted by atomic mass is 10.2. The van der Waals surface area contributed by atoms with Gasteiger partial charge in [-0.2, -0.15) is 0 Å². The highest BCUT2D eigenvalue weighted by atomic mass is 127. The summed E-state index contributed by atoms with van der Waals surface area (Å²) in [5.41, 5.74) is 0.551. The molecule has 0 fully saturated rings. The van der Waals surface area contributed by atoms with Crippen LogP contribution in [0.3, 0.4) is 0 Å². The number of halogens is 3. The molecule has 5 rings (SSSR count). The Hall–Kier alpha value is -0.760. The maximum atomic E-state index is 12.9. The summed E-state index contributed by atoms with van der Waals surface area (Å²) in [6.07, 6.45) is 0. The van der Waals surface area contributed by atoms with E-state index in [9.17, 15) is 4.79 Å². The fourth-order valence-corrected chi connectivity index (χ4v) is 10.9. The molecule has 4 aromatic carbocycles. The van der Waals surface area contributed by atoms with Crippen molar-refractivity contribution in [3.8, 4) is 5.75 Å². The third-order valence-electron chi connectivity index (χ3n) is 4.84. The topological polar surface area (TPSA) is 26.3 Å². The van der Waals surface area contributed by atoms with E-state index in [4.69, 9.17) is 4.74 Å². The highest BCUT2D eigenvalue weighted by molar-refractivity contribution is 14.1. The summed E-state index contributed by atoms with van der Waals surface area (Å²) in [5.74, 6) is 0.284. The second-order valence-corrected chi connectivity index (χ2v) is 13.5. The van der Waals surface area contributed by atoms with Crippen molar-refractivity contribution in [2.45, 2.75) is 24.5 Å². The number of hydrogen-bond acceptors (Lipinski definition) is 3. The molecule has 0 radical (unpaired) electrons. The largest absolute Gasteiger partial charge is 0.421 e. The SMILES string of the molecule is O=C(Oc1c(I)cc(I)cc1I)c1ccc([S+]2c3ccccc3Sc3ccccc32)cc1. The Morgan fingerprint density at radius 2 is 1.28 bits per heavy atom. The zero-order chi connectivity index (χ0) is 22.2. The van der Waals surface area contributed by atoms with Crippen LogP contribution >= 0.6 is 79.5 Å². The van der Waals surface area contributed by atoms with Crippen LogP contribution in [0.15, 0.2) is 109 Å². The van der Waals surface area contributed by atoms with Crippen molar-refractivity contribution in [2.24, 2.45) is 0 Å². The number of benzene rings is 4. The van der Waals surface area contributed by atoms with Gasteiger partial charge in [0.1, 0.15) is 10.9 Å². The Bertz CT molecular complexity index is 1270. The minimum Gasteiger partial charge on any atom is -0.421 e. The standard InChI is InChI=1S/C25H14I3O2S2/c26-16-13-18(27)24(19(28)14-16)30-25(29)15-9-11-17(12-10-15)32-22-7-3-1-5-20(22)31-21-6-2-4-8-23(21)32/h1-14H/q+1. The van der Waals surface area contributed by atoms with Gasteiger partial charge in [0.2, 0.25) is 0 Å². The molecule has 4 aromatic rings. The molecule has 0 atom stereocenters. The summed E-state index contributed by atoms with van der Waals surface area (Å²) in [5, 5.41) is 0. The number of esters is 1. The van der Waals surface area contributed by atoms with Crippen molar-refractivity contribution in [2.75, 3.05) is 0 Å². The van der Waals surface area contributed by atoms with Crippen LogP contribution in [0, 0.1) is 10.7 Å². The van der Waals surface area contributed by atoms with Gasteiger partial charge in [0.25, 0.3) is 0 Å². The highest BCUT2D eigenvalue weighted by Crippen LogP contribution is 2.48. The summed E-state index contributed by atoms with van der Waals surface area (Å²) in [7, 11) is -0.203. The average Bonchev–Trinajstić information content (AvgIpc) is 2.80. The van der Waals surface area contributed by atoms with Crippen LogP contribution in [0.5, 0.6) is 5.75 Å². The van der Waals surface area contributed by atoms with Crippen LogP contribution < -0.4 is 4.74 Å². The van der Waals surface area contributed by atoms with Crippen molar-refractivity contribution in [3.63, 3.8) is 0 Å². The normalized spacial score (nSPS) is 12.7. The van der Waals surface area contributed by atoms with Crippen LogP contribution in [0.4, 0.5) is 0 Å². The van der Waals surface area contributed by atoms with Crippen molar-refractivity contribution in [3.05, 3.63) is 101 Å². The quantitative estimate of drug-likeness (QED) is 0.0798. The second-order valence-electron chi connectivity index (χ2n) is 6.91. The molecule has 1 heterocycles. The van der Waals surface area contributed by atoms with Gasteiger partial charge in [-0.3, -0.25) is 0 Å². The summed E-state index contributed by atoms with van der Waals surface area (Å²) < 4.78 is 8.73. The Morgan fingerprint density at radius 3 is 1.84 bits per heavy atom. The van der Waals surface area contributed by atoms with Crippen molar-refractivity contribution in [1.82, 2.24) is 0 Å². The molecular weight excluding hydrogens is 777 g/mol. The predicted octanol–water partition coefficient (Wildman–Crippen LogP) is 8.28. The number of carbonyl (C=O) groups excluding carboxylic acids is 1. The van der Waals surface area contributed by atoms with Crippen molar-refractivity contribution in [1.29, 1.82) is 0 Å². The fourth-order valence-electron chi connectivity index (χ4n) is 3.40. The molecule has 0 unspecified atom stereocenters. The molecule has 158 valence electrons. The molecule has 0 spiro atoms. The van der Waals surface area contributed by atoms with Gasteiger partial charge in [0.05, 0.1) is 22.5 Å². The van der Waals surface area contributed by atoms with E-state index in [0.29, 0.717) is 11.3 Å². The summed E-state index contributed by atoms with van der Waals surface area (Å²) in [6.45, 7) is 0. The van der Waals surface area contributed by atoms with E-state index < -0.39 is 0 Å². The van der Waals surface area contributed by atoms with Crippen molar-refractivity contribution >= 4 is 96.4 Å². The Morgan fingerprint density at radius 1 is 0.750 bits per heavy atom. The van der Waals surface area contributed by atoms with Crippen LogP contribution in [0.25, 0.3) is 0 Å². The van der Waals surface area contributed by atoms with Gasteiger partial charge in [0.15, 0.2) is 20.4 Å². The van der Waals surface area contributed by atoms with Gasteiger partial charge in [-0.25, -0.2) is 4.79 Å². The molecule has 0 N–H and O–H groups in total. The van der Waals surface area contributed by atoms with E-state index in [2.05, 4.69) is 128 Å². The van der Waals surface area contributed by atoms with Crippen LogP contribution in [0.2, 0.25) is 0 Å². The maximum Gasteiger partial charge on any atom is 0.343 e. The van der Waals surface area contributed by atoms with E-state index in [1.165, 1.54) is 24.5 Å². The zero-order valence-corrected chi connectivity index (χ0v) is 24.5. The Labute approximate surface area is 234 Å². The maximum absolute atomic E-state index is 12.9. The first-order valence-corrected chi connectivity index (χ1v) is 14.9. The predicted molar refractivity (Wildman–Crippen MR) is 155 cm³/mol. The minimum absolute atomic E-state index is 0.203. The minimum atomic E-state index is -0.336. The molecule has 0 saturated heterocycles. The van der Waals surface area contributed by atoms with Gasteiger partial charge in [-0.1, -0.05) is 36.0 Å². The van der Waals surface area contributed by atoms with Crippen molar-refractivity contribution < 1.29 is 9.53 Å². The second kappa shape index (κ2) is 9.85. The Kier molecular flexibility index (Phi) is 7.08. The first kappa shape index (κ1) is 23.0. The van der Waals surface area contributed by atoms with Crippen LogP contribution in [0.1, 0.15) is 10.4 Å². The van der Waals surface area contributed by atoms with Gasteiger partial charge >= 0.3 is 5.97 Å². The lowest BCUT2D eigenvalue weighted by Gasteiger charge is -2.18. The number of ether oxygens (including phenoxy) is 1. The molecule has 32 heavy (non-hydrogen) atoms. The molecule has 2 nitrogen and oxygen atoms in total. The first-order valence-electron chi connectivity index (χ1n) is 9.58. The highest BCUT2D eigenvalue weighted by Gasteiger charge is 2.37. The van der Waals surface area contributed by atoms with E-state index in [1.54, 1.807) is 0 Å². The molecular formula is C25H14I3O2S2+. The molecule has 0 aliphatic carbocycles. The lowest BCUT2D eigenvalue weighted by molar-refractivity contribution is 0.0732. The van der Waals surface area contributed by atoms with Gasteiger partial charge in [-0.05, 0) is 128 Å². The van der Waals surface area contributed by atoms with Gasteiger partial charge in [0, 0.05) is 3.57 Å². The fraction of sp³-hybridized carbons (Fsp3) is 0. The average molecular weight is 791 g/mol. The van der Waals surface area contributed by atoms with Crippen LogP contribution in [-0.2, 0) is 10.9 Å². The molecule has 0 saturated carbocycles. The van der Waals surface area contributed by atoms with E-state index in [0.717, 1.165) is 10.7 Å². The number of hydrogen-bond donors (Lipinski definition) is 0. The summed E-state index contributed by atoms with van der Waals surface area (Å²) in [4.78, 5) is 19.3.